The summed E-state index contributed by atoms with van der Waals surface area (Å²) in [4.78, 5) is 30.3. The van der Waals surface area contributed by atoms with E-state index >= 15 is 0 Å². The van der Waals surface area contributed by atoms with Gasteiger partial charge in [0.25, 0.3) is 5.89 Å². The van der Waals surface area contributed by atoms with E-state index in [1.54, 1.807) is 0 Å². The van der Waals surface area contributed by atoms with E-state index in [0.29, 0.717) is 6.42 Å². The number of fused-ring (bicyclic) bond motifs is 1. The number of rotatable bonds is 10. The molecule has 1 atom stereocenters. The van der Waals surface area contributed by atoms with Gasteiger partial charge in [0, 0.05) is 31.5 Å². The van der Waals surface area contributed by atoms with Gasteiger partial charge in [-0.2, -0.15) is 0 Å². The number of imidazole rings is 1. The van der Waals surface area contributed by atoms with E-state index in [-0.39, 0.29) is 17.7 Å². The SMILES string of the molecule is CN(C)c1ccc2cc(-c3cnc([C@@H](N)CCCCCC(=O)c4ncco4)[nH]3)ccc2n1. The third-order valence-electron chi connectivity index (χ3n) is 5.48. The highest BCUT2D eigenvalue weighted by Gasteiger charge is 2.13. The van der Waals surface area contributed by atoms with Crippen LogP contribution in [0.2, 0.25) is 0 Å². The van der Waals surface area contributed by atoms with Gasteiger partial charge in [0.2, 0.25) is 5.78 Å². The molecule has 0 aliphatic carbocycles. The standard InChI is InChI=1S/C24H28N6O2/c1-30(2)22-11-9-16-14-17(8-10-19(16)28-22)20-15-27-23(29-20)18(25)6-4-3-5-7-21(31)24-26-12-13-32-24/h8-15,18H,3-7,25H2,1-2H3,(H,27,29)/t18-/m0/s1. The topological polar surface area (TPSA) is 114 Å². The van der Waals surface area contributed by atoms with Crippen molar-refractivity contribution in [1.29, 1.82) is 0 Å². The van der Waals surface area contributed by atoms with Crippen molar-refractivity contribution in [2.24, 2.45) is 5.73 Å². The second kappa shape index (κ2) is 9.74. The summed E-state index contributed by atoms with van der Waals surface area (Å²) in [6.45, 7) is 0. The Morgan fingerprint density at radius 1 is 1.16 bits per heavy atom. The van der Waals surface area contributed by atoms with Crippen LogP contribution < -0.4 is 10.6 Å². The summed E-state index contributed by atoms with van der Waals surface area (Å²) in [6.07, 6.45) is 8.60. The number of oxazole rings is 1. The molecule has 32 heavy (non-hydrogen) atoms. The fraction of sp³-hybridized carbons (Fsp3) is 0.333. The Morgan fingerprint density at radius 3 is 2.81 bits per heavy atom. The number of Topliss-reactive ketones (excluding diaryl/α,β-unsaturated/α-hetero) is 1. The van der Waals surface area contributed by atoms with E-state index in [1.807, 2.05) is 43.4 Å². The van der Waals surface area contributed by atoms with Gasteiger partial charge in [-0.3, -0.25) is 4.79 Å². The average molecular weight is 433 g/mol. The van der Waals surface area contributed by atoms with E-state index in [1.165, 1.54) is 12.5 Å². The molecule has 3 aromatic heterocycles. The first-order chi connectivity index (χ1) is 15.5. The first-order valence-electron chi connectivity index (χ1n) is 10.8. The summed E-state index contributed by atoms with van der Waals surface area (Å²) < 4.78 is 5.03. The number of unbranched alkanes of at least 4 members (excludes halogenated alkanes) is 2. The summed E-state index contributed by atoms with van der Waals surface area (Å²) >= 11 is 0. The van der Waals surface area contributed by atoms with Gasteiger partial charge in [0.1, 0.15) is 17.9 Å². The molecule has 0 saturated carbocycles. The highest BCUT2D eigenvalue weighted by atomic mass is 16.3. The monoisotopic (exact) mass is 432 g/mol. The predicted octanol–water partition coefficient (Wildman–Crippen LogP) is 4.51. The van der Waals surface area contributed by atoms with Gasteiger partial charge >= 0.3 is 0 Å². The Morgan fingerprint density at radius 2 is 2.03 bits per heavy atom. The quantitative estimate of drug-likeness (QED) is 0.280. The van der Waals surface area contributed by atoms with Crippen LogP contribution in [0, 0.1) is 0 Å². The van der Waals surface area contributed by atoms with Crippen molar-refractivity contribution in [3.63, 3.8) is 0 Å². The summed E-state index contributed by atoms with van der Waals surface area (Å²) in [5.41, 5.74) is 9.28. The smallest absolute Gasteiger partial charge is 0.263 e. The molecule has 0 bridgehead atoms. The van der Waals surface area contributed by atoms with Gasteiger partial charge in [-0.05, 0) is 37.1 Å². The number of H-pyrrole nitrogens is 1. The second-order valence-electron chi connectivity index (χ2n) is 8.12. The minimum Gasteiger partial charge on any atom is -0.442 e. The number of pyridine rings is 1. The molecule has 8 heteroatoms. The van der Waals surface area contributed by atoms with Crippen molar-refractivity contribution < 1.29 is 9.21 Å². The molecule has 0 saturated heterocycles. The van der Waals surface area contributed by atoms with Crippen LogP contribution in [-0.4, -0.2) is 39.8 Å². The van der Waals surface area contributed by atoms with Crippen LogP contribution in [0.4, 0.5) is 5.82 Å². The van der Waals surface area contributed by atoms with Gasteiger partial charge in [-0.25, -0.2) is 15.0 Å². The number of nitrogens with zero attached hydrogens (tertiary/aromatic N) is 4. The van der Waals surface area contributed by atoms with Crippen LogP contribution in [0.25, 0.3) is 22.2 Å². The van der Waals surface area contributed by atoms with Crippen molar-refractivity contribution in [2.75, 3.05) is 19.0 Å². The molecule has 0 unspecified atom stereocenters. The Hall–Kier alpha value is -3.52. The number of benzene rings is 1. The lowest BCUT2D eigenvalue weighted by molar-refractivity contribution is 0.0945. The lowest BCUT2D eigenvalue weighted by Gasteiger charge is -2.12. The van der Waals surface area contributed by atoms with Crippen molar-refractivity contribution in [3.05, 3.63) is 60.7 Å². The molecule has 4 rings (SSSR count). The molecular formula is C24H28N6O2. The number of ketones is 1. The number of carbonyl (C=O) groups excluding carboxylic acids is 1. The number of hydrogen-bond acceptors (Lipinski definition) is 7. The van der Waals surface area contributed by atoms with Crippen LogP contribution in [0.3, 0.4) is 0 Å². The molecule has 3 N–H and O–H groups in total. The molecule has 0 aliphatic rings. The molecule has 0 amide bonds. The molecule has 0 spiro atoms. The minimum atomic E-state index is -0.170. The van der Waals surface area contributed by atoms with E-state index < -0.39 is 0 Å². The molecule has 8 nitrogen and oxygen atoms in total. The van der Waals surface area contributed by atoms with E-state index in [0.717, 1.165) is 59.5 Å². The first kappa shape index (κ1) is 21.7. The highest BCUT2D eigenvalue weighted by molar-refractivity contribution is 5.91. The average Bonchev–Trinajstić information content (AvgIpc) is 3.50. The highest BCUT2D eigenvalue weighted by Crippen LogP contribution is 2.25. The summed E-state index contributed by atoms with van der Waals surface area (Å²) in [6, 6.07) is 10.1. The maximum atomic E-state index is 11.9. The molecule has 166 valence electrons. The third-order valence-corrected chi connectivity index (χ3v) is 5.48. The molecule has 0 radical (unpaired) electrons. The van der Waals surface area contributed by atoms with Crippen LogP contribution in [0.5, 0.6) is 0 Å². The fourth-order valence-electron chi connectivity index (χ4n) is 3.63. The Kier molecular flexibility index (Phi) is 6.61. The zero-order chi connectivity index (χ0) is 22.5. The van der Waals surface area contributed by atoms with Crippen LogP contribution >= 0.6 is 0 Å². The number of hydrogen-bond donors (Lipinski definition) is 2. The zero-order valence-corrected chi connectivity index (χ0v) is 18.4. The minimum absolute atomic E-state index is 0.0569. The zero-order valence-electron chi connectivity index (χ0n) is 18.4. The maximum Gasteiger partial charge on any atom is 0.263 e. The molecule has 3 heterocycles. The van der Waals surface area contributed by atoms with E-state index in [9.17, 15) is 4.79 Å². The molecular weight excluding hydrogens is 404 g/mol. The lowest BCUT2D eigenvalue weighted by atomic mass is 10.1. The number of aromatic nitrogens is 4. The second-order valence-corrected chi connectivity index (χ2v) is 8.12. The molecule has 0 fully saturated rings. The number of nitrogens with two attached hydrogens (primary N) is 1. The van der Waals surface area contributed by atoms with Gasteiger partial charge in [0.15, 0.2) is 0 Å². The predicted molar refractivity (Wildman–Crippen MR) is 124 cm³/mol. The Labute approximate surface area is 186 Å². The lowest BCUT2D eigenvalue weighted by Crippen LogP contribution is -2.12. The van der Waals surface area contributed by atoms with Crippen molar-refractivity contribution in [2.45, 2.75) is 38.1 Å². The molecule has 1 aromatic carbocycles. The number of nitrogens with one attached hydrogen (secondary N) is 1. The normalized spacial score (nSPS) is 12.2. The maximum absolute atomic E-state index is 11.9. The van der Waals surface area contributed by atoms with Crippen molar-refractivity contribution >= 4 is 22.5 Å². The van der Waals surface area contributed by atoms with E-state index in [2.05, 4.69) is 32.1 Å². The summed E-state index contributed by atoms with van der Waals surface area (Å²) in [7, 11) is 3.96. The number of anilines is 1. The Balaban J connectivity index is 1.30. The largest absolute Gasteiger partial charge is 0.442 e. The van der Waals surface area contributed by atoms with E-state index in [4.69, 9.17) is 10.2 Å². The first-order valence-corrected chi connectivity index (χ1v) is 10.8. The van der Waals surface area contributed by atoms with Crippen LogP contribution in [-0.2, 0) is 0 Å². The summed E-state index contributed by atoms with van der Waals surface area (Å²) in [5.74, 6) is 1.84. The van der Waals surface area contributed by atoms with Crippen molar-refractivity contribution in [1.82, 2.24) is 19.9 Å². The number of carbonyl (C=O) groups is 1. The fourth-order valence-corrected chi connectivity index (χ4v) is 3.63. The summed E-state index contributed by atoms with van der Waals surface area (Å²) in [5, 5.41) is 1.08. The molecule has 4 aromatic rings. The van der Waals surface area contributed by atoms with Gasteiger partial charge < -0.3 is 20.0 Å². The van der Waals surface area contributed by atoms with Crippen molar-refractivity contribution in [3.8, 4) is 11.3 Å². The third kappa shape index (κ3) is 5.03. The molecule has 0 aliphatic heterocycles. The van der Waals surface area contributed by atoms with Gasteiger partial charge in [0.05, 0.1) is 29.6 Å². The van der Waals surface area contributed by atoms with Crippen LogP contribution in [0.1, 0.15) is 54.7 Å². The van der Waals surface area contributed by atoms with Gasteiger partial charge in [-0.15, -0.1) is 0 Å². The number of aromatic amines is 1. The van der Waals surface area contributed by atoms with Crippen LogP contribution in [0.15, 0.2) is 53.4 Å². The Bertz CT molecular complexity index is 1180. The van der Waals surface area contributed by atoms with Gasteiger partial charge in [-0.1, -0.05) is 18.9 Å².